The number of fused-ring (bicyclic) bond motifs is 1. The van der Waals surface area contributed by atoms with Gasteiger partial charge in [0.2, 0.25) is 6.79 Å². The number of benzene rings is 2. The van der Waals surface area contributed by atoms with Gasteiger partial charge in [-0.15, -0.1) is 0 Å². The average Bonchev–Trinajstić information content (AvgIpc) is 2.88. The lowest BCUT2D eigenvalue weighted by Gasteiger charge is -2.14. The SMILES string of the molecule is C[C@@H](O)c1cccc(F)c1Oc1ccc2c(c1)OCO2. The zero-order valence-corrected chi connectivity index (χ0v) is 10.8. The minimum absolute atomic E-state index is 0.0152. The molecule has 0 radical (unpaired) electrons. The monoisotopic (exact) mass is 276 g/mol. The Morgan fingerprint density at radius 1 is 1.20 bits per heavy atom. The third kappa shape index (κ3) is 2.28. The Labute approximate surface area is 115 Å². The van der Waals surface area contributed by atoms with E-state index in [9.17, 15) is 9.50 Å². The van der Waals surface area contributed by atoms with Crippen molar-refractivity contribution in [2.24, 2.45) is 0 Å². The van der Waals surface area contributed by atoms with Crippen LogP contribution in [-0.2, 0) is 0 Å². The zero-order valence-electron chi connectivity index (χ0n) is 10.8. The van der Waals surface area contributed by atoms with Crippen LogP contribution >= 0.6 is 0 Å². The lowest BCUT2D eigenvalue weighted by atomic mass is 10.1. The van der Waals surface area contributed by atoms with Crippen molar-refractivity contribution in [2.75, 3.05) is 6.79 Å². The van der Waals surface area contributed by atoms with Crippen LogP contribution in [0.25, 0.3) is 0 Å². The van der Waals surface area contributed by atoms with E-state index in [1.54, 1.807) is 31.2 Å². The van der Waals surface area contributed by atoms with Crippen molar-refractivity contribution >= 4 is 0 Å². The Morgan fingerprint density at radius 3 is 2.80 bits per heavy atom. The van der Waals surface area contributed by atoms with Crippen LogP contribution in [0.4, 0.5) is 4.39 Å². The number of rotatable bonds is 3. The summed E-state index contributed by atoms with van der Waals surface area (Å²) in [5, 5.41) is 9.67. The Morgan fingerprint density at radius 2 is 2.00 bits per heavy atom. The smallest absolute Gasteiger partial charge is 0.231 e. The molecule has 2 aromatic rings. The molecule has 20 heavy (non-hydrogen) atoms. The summed E-state index contributed by atoms with van der Waals surface area (Å²) in [6.07, 6.45) is -0.824. The molecule has 0 spiro atoms. The first-order chi connectivity index (χ1) is 9.65. The first-order valence-electron chi connectivity index (χ1n) is 6.19. The molecule has 0 aromatic heterocycles. The van der Waals surface area contributed by atoms with Gasteiger partial charge in [0.1, 0.15) is 5.75 Å². The van der Waals surface area contributed by atoms with E-state index in [0.29, 0.717) is 22.8 Å². The van der Waals surface area contributed by atoms with Crippen molar-refractivity contribution in [3.05, 3.63) is 47.8 Å². The van der Waals surface area contributed by atoms with E-state index >= 15 is 0 Å². The summed E-state index contributed by atoms with van der Waals surface area (Å²) < 4.78 is 29.9. The third-order valence-electron chi connectivity index (χ3n) is 3.01. The van der Waals surface area contributed by atoms with E-state index in [-0.39, 0.29) is 12.5 Å². The topological polar surface area (TPSA) is 47.9 Å². The molecule has 0 saturated heterocycles. The van der Waals surface area contributed by atoms with Crippen LogP contribution in [0.5, 0.6) is 23.0 Å². The lowest BCUT2D eigenvalue weighted by molar-refractivity contribution is 0.174. The average molecular weight is 276 g/mol. The number of hydrogen-bond acceptors (Lipinski definition) is 4. The Hall–Kier alpha value is -2.27. The van der Waals surface area contributed by atoms with Crippen LogP contribution < -0.4 is 14.2 Å². The molecule has 0 unspecified atom stereocenters. The van der Waals surface area contributed by atoms with Gasteiger partial charge in [0.15, 0.2) is 23.1 Å². The predicted octanol–water partition coefficient (Wildman–Crippen LogP) is 3.40. The van der Waals surface area contributed by atoms with Gasteiger partial charge in [0.25, 0.3) is 0 Å². The molecule has 5 heteroatoms. The number of para-hydroxylation sites is 1. The highest BCUT2D eigenvalue weighted by Crippen LogP contribution is 2.38. The van der Waals surface area contributed by atoms with Gasteiger partial charge in [-0.25, -0.2) is 4.39 Å². The van der Waals surface area contributed by atoms with Gasteiger partial charge in [0.05, 0.1) is 6.10 Å². The van der Waals surface area contributed by atoms with Crippen LogP contribution in [0, 0.1) is 5.82 Å². The van der Waals surface area contributed by atoms with Gasteiger partial charge >= 0.3 is 0 Å². The fraction of sp³-hybridized carbons (Fsp3) is 0.200. The molecular weight excluding hydrogens is 263 g/mol. The van der Waals surface area contributed by atoms with E-state index in [4.69, 9.17) is 14.2 Å². The highest BCUT2D eigenvalue weighted by molar-refractivity contribution is 5.49. The largest absolute Gasteiger partial charge is 0.454 e. The molecule has 0 aliphatic carbocycles. The summed E-state index contributed by atoms with van der Waals surface area (Å²) >= 11 is 0. The summed E-state index contributed by atoms with van der Waals surface area (Å²) in [5.74, 6) is 1.09. The molecular formula is C15H13FO4. The second-order valence-corrected chi connectivity index (χ2v) is 4.45. The number of hydrogen-bond donors (Lipinski definition) is 1. The second kappa shape index (κ2) is 5.02. The molecule has 1 heterocycles. The molecule has 1 atom stereocenters. The molecule has 1 aliphatic heterocycles. The standard InChI is InChI=1S/C15H13FO4/c1-9(17)11-3-2-4-12(16)15(11)20-10-5-6-13-14(7-10)19-8-18-13/h2-7,9,17H,8H2,1H3/t9-/m1/s1. The quantitative estimate of drug-likeness (QED) is 0.933. The normalized spacial score (nSPS) is 14.2. The maximum atomic E-state index is 13.9. The summed E-state index contributed by atoms with van der Waals surface area (Å²) in [4.78, 5) is 0. The van der Waals surface area contributed by atoms with Crippen LogP contribution in [-0.4, -0.2) is 11.9 Å². The maximum absolute atomic E-state index is 13.9. The van der Waals surface area contributed by atoms with Crippen molar-refractivity contribution in [1.82, 2.24) is 0 Å². The Bertz CT molecular complexity index is 640. The van der Waals surface area contributed by atoms with Crippen molar-refractivity contribution in [3.8, 4) is 23.0 Å². The first kappa shape index (κ1) is 12.7. The van der Waals surface area contributed by atoms with Crippen molar-refractivity contribution in [1.29, 1.82) is 0 Å². The number of ether oxygens (including phenoxy) is 3. The minimum atomic E-state index is -0.824. The molecule has 1 N–H and O–H groups in total. The lowest BCUT2D eigenvalue weighted by Crippen LogP contribution is -1.98. The fourth-order valence-electron chi connectivity index (χ4n) is 2.02. The summed E-state index contributed by atoms with van der Waals surface area (Å²) in [6.45, 7) is 1.72. The first-order valence-corrected chi connectivity index (χ1v) is 6.19. The molecule has 0 saturated carbocycles. The van der Waals surface area contributed by atoms with Crippen molar-refractivity contribution < 1.29 is 23.7 Å². The summed E-state index contributed by atoms with van der Waals surface area (Å²) in [5.41, 5.74) is 0.391. The van der Waals surface area contributed by atoms with Gasteiger partial charge in [-0.05, 0) is 25.1 Å². The van der Waals surface area contributed by atoms with Gasteiger partial charge in [0, 0.05) is 11.6 Å². The van der Waals surface area contributed by atoms with Crippen molar-refractivity contribution in [3.63, 3.8) is 0 Å². The number of aliphatic hydroxyl groups excluding tert-OH is 1. The number of aliphatic hydroxyl groups is 1. The van der Waals surface area contributed by atoms with E-state index in [1.165, 1.54) is 12.1 Å². The maximum Gasteiger partial charge on any atom is 0.231 e. The van der Waals surface area contributed by atoms with Crippen LogP contribution in [0.2, 0.25) is 0 Å². The van der Waals surface area contributed by atoms with E-state index in [1.807, 2.05) is 0 Å². The summed E-state index contributed by atoms with van der Waals surface area (Å²) in [6, 6.07) is 9.42. The highest BCUT2D eigenvalue weighted by Gasteiger charge is 2.17. The predicted molar refractivity (Wildman–Crippen MR) is 69.7 cm³/mol. The van der Waals surface area contributed by atoms with E-state index < -0.39 is 11.9 Å². The van der Waals surface area contributed by atoms with Gasteiger partial charge in [-0.2, -0.15) is 0 Å². The van der Waals surface area contributed by atoms with Crippen LogP contribution in [0.1, 0.15) is 18.6 Å². The molecule has 2 aromatic carbocycles. The summed E-state index contributed by atoms with van der Waals surface area (Å²) in [7, 11) is 0. The molecule has 4 nitrogen and oxygen atoms in total. The minimum Gasteiger partial charge on any atom is -0.454 e. The number of halogens is 1. The Kier molecular flexibility index (Phi) is 3.20. The molecule has 0 amide bonds. The van der Waals surface area contributed by atoms with Crippen molar-refractivity contribution in [2.45, 2.75) is 13.0 Å². The molecule has 1 aliphatic rings. The van der Waals surface area contributed by atoms with Gasteiger partial charge < -0.3 is 19.3 Å². The third-order valence-corrected chi connectivity index (χ3v) is 3.01. The molecule has 104 valence electrons. The van der Waals surface area contributed by atoms with Crippen LogP contribution in [0.15, 0.2) is 36.4 Å². The Balaban J connectivity index is 1.95. The van der Waals surface area contributed by atoms with Crippen LogP contribution in [0.3, 0.4) is 0 Å². The second-order valence-electron chi connectivity index (χ2n) is 4.45. The van der Waals surface area contributed by atoms with E-state index in [2.05, 4.69) is 0 Å². The highest BCUT2D eigenvalue weighted by atomic mass is 19.1. The van der Waals surface area contributed by atoms with E-state index in [0.717, 1.165) is 0 Å². The molecule has 0 fully saturated rings. The molecule has 3 rings (SSSR count). The zero-order chi connectivity index (χ0) is 14.1. The molecule has 0 bridgehead atoms. The van der Waals surface area contributed by atoms with Gasteiger partial charge in [-0.3, -0.25) is 0 Å². The van der Waals surface area contributed by atoms with Gasteiger partial charge in [-0.1, -0.05) is 12.1 Å². The fourth-order valence-corrected chi connectivity index (χ4v) is 2.02.